The Morgan fingerprint density at radius 3 is 2.47 bits per heavy atom. The maximum atomic E-state index is 14.2. The summed E-state index contributed by atoms with van der Waals surface area (Å²) in [6, 6.07) is 9.64. The number of esters is 1. The molecule has 1 aliphatic rings. The van der Waals surface area contributed by atoms with Gasteiger partial charge in [0.25, 0.3) is 11.5 Å². The molecule has 176 valence electrons. The molecule has 0 saturated carbocycles. The van der Waals surface area contributed by atoms with Crippen molar-refractivity contribution in [1.29, 1.82) is 0 Å². The minimum absolute atomic E-state index is 0.0187. The molecule has 1 aliphatic heterocycles. The maximum Gasteiger partial charge on any atom is 0.343 e. The van der Waals surface area contributed by atoms with Gasteiger partial charge in [-0.1, -0.05) is 12.1 Å². The molecule has 3 heterocycles. The van der Waals surface area contributed by atoms with E-state index in [0.29, 0.717) is 11.4 Å². The molecule has 0 spiro atoms. The lowest BCUT2D eigenvalue weighted by molar-refractivity contribution is 0.0592. The zero-order valence-corrected chi connectivity index (χ0v) is 18.3. The van der Waals surface area contributed by atoms with E-state index in [0.717, 1.165) is 12.1 Å². The normalized spacial score (nSPS) is 13.1. The second-order valence-corrected chi connectivity index (χ2v) is 7.56. The van der Waals surface area contributed by atoms with Crippen LogP contribution in [0.5, 0.6) is 5.75 Å². The first kappa shape index (κ1) is 23.1. The van der Waals surface area contributed by atoms with Gasteiger partial charge in [0.05, 0.1) is 12.8 Å². The summed E-state index contributed by atoms with van der Waals surface area (Å²) in [6.45, 7) is 0.0966. The number of benzene rings is 1. The third kappa shape index (κ3) is 4.52. The molecular weight excluding hydrogens is 448 g/mol. The zero-order valence-electron chi connectivity index (χ0n) is 18.3. The van der Waals surface area contributed by atoms with Crippen LogP contribution in [0.1, 0.15) is 32.1 Å². The first-order chi connectivity index (χ1) is 16.4. The molecule has 3 aromatic rings. The lowest BCUT2D eigenvalue weighted by atomic mass is 10.1. The Morgan fingerprint density at radius 1 is 1.03 bits per heavy atom. The lowest BCUT2D eigenvalue weighted by Crippen LogP contribution is -2.35. The van der Waals surface area contributed by atoms with Crippen LogP contribution < -0.4 is 10.3 Å². The third-order valence-corrected chi connectivity index (χ3v) is 5.55. The van der Waals surface area contributed by atoms with Gasteiger partial charge in [-0.15, -0.1) is 0 Å². The van der Waals surface area contributed by atoms with Gasteiger partial charge in [0, 0.05) is 44.0 Å². The smallest absolute Gasteiger partial charge is 0.343 e. The summed E-state index contributed by atoms with van der Waals surface area (Å²) in [5.41, 5.74) is -0.125. The van der Waals surface area contributed by atoms with E-state index in [1.54, 1.807) is 24.4 Å². The number of nitrogens with zero attached hydrogens (tertiary/aromatic N) is 3. The fraction of sp³-hybridized carbons (Fsp3) is 0.250. The van der Waals surface area contributed by atoms with E-state index >= 15 is 0 Å². The monoisotopic (exact) mass is 469 g/mol. The summed E-state index contributed by atoms with van der Waals surface area (Å²) in [6.07, 6.45) is 1.66. The molecule has 0 radical (unpaired) electrons. The van der Waals surface area contributed by atoms with Gasteiger partial charge < -0.3 is 18.9 Å². The van der Waals surface area contributed by atoms with Crippen LogP contribution in [0.2, 0.25) is 0 Å². The van der Waals surface area contributed by atoms with Crippen LogP contribution in [-0.2, 0) is 24.3 Å². The number of hydrogen-bond acceptors (Lipinski definition) is 6. The summed E-state index contributed by atoms with van der Waals surface area (Å²) >= 11 is 0. The van der Waals surface area contributed by atoms with Gasteiger partial charge in [-0.05, 0) is 24.3 Å². The average molecular weight is 469 g/mol. The highest BCUT2D eigenvalue weighted by molar-refractivity contribution is 5.95. The molecule has 0 bridgehead atoms. The van der Waals surface area contributed by atoms with Crippen molar-refractivity contribution in [2.24, 2.45) is 0 Å². The van der Waals surface area contributed by atoms with Gasteiger partial charge in [-0.25, -0.2) is 13.6 Å². The number of carbonyl (C=O) groups excluding carboxylic acids is 2. The first-order valence-electron chi connectivity index (χ1n) is 10.5. The number of fused-ring (bicyclic) bond motifs is 1. The Labute approximate surface area is 193 Å². The standard InChI is InChI=1S/C24H21F2N3O5/c1-33-24(32)22-18-8-10-28(23(31)21-16(25)6-4-7-17(21)26)11-12-29(18)20(30)13-19(22)34-14-15-5-2-3-9-27-15/h2-7,9,13H,8,10-12,14H2,1H3. The molecule has 2 aromatic heterocycles. The summed E-state index contributed by atoms with van der Waals surface area (Å²) < 4.78 is 40.3. The molecule has 1 aromatic carbocycles. The number of rotatable bonds is 5. The van der Waals surface area contributed by atoms with Crippen molar-refractivity contribution in [3.05, 3.63) is 93.2 Å². The highest BCUT2D eigenvalue weighted by atomic mass is 19.1. The second kappa shape index (κ2) is 9.82. The minimum atomic E-state index is -0.968. The Bertz CT molecular complexity index is 1270. The van der Waals surface area contributed by atoms with Crippen molar-refractivity contribution >= 4 is 11.9 Å². The van der Waals surface area contributed by atoms with E-state index in [1.807, 2.05) is 0 Å². The van der Waals surface area contributed by atoms with Crippen molar-refractivity contribution in [3.63, 3.8) is 0 Å². The molecule has 0 N–H and O–H groups in total. The van der Waals surface area contributed by atoms with Crippen LogP contribution in [0.3, 0.4) is 0 Å². The number of ether oxygens (including phenoxy) is 2. The van der Waals surface area contributed by atoms with Crippen molar-refractivity contribution in [2.45, 2.75) is 19.6 Å². The van der Waals surface area contributed by atoms with Gasteiger partial charge in [-0.3, -0.25) is 14.6 Å². The molecule has 1 amide bonds. The van der Waals surface area contributed by atoms with Gasteiger partial charge in [0.1, 0.15) is 35.1 Å². The van der Waals surface area contributed by atoms with E-state index in [1.165, 1.54) is 28.7 Å². The molecule has 0 unspecified atom stereocenters. The highest BCUT2D eigenvalue weighted by Gasteiger charge is 2.29. The maximum absolute atomic E-state index is 14.2. The SMILES string of the molecule is COC(=O)c1c(OCc2ccccn2)cc(=O)n2c1CCN(C(=O)c1c(F)cccc1F)CC2. The highest BCUT2D eigenvalue weighted by Crippen LogP contribution is 2.25. The van der Waals surface area contributed by atoms with Gasteiger partial charge in [0.2, 0.25) is 0 Å². The third-order valence-electron chi connectivity index (χ3n) is 5.55. The number of aromatic nitrogens is 2. The van der Waals surface area contributed by atoms with Gasteiger partial charge in [-0.2, -0.15) is 0 Å². The van der Waals surface area contributed by atoms with Crippen LogP contribution >= 0.6 is 0 Å². The van der Waals surface area contributed by atoms with E-state index in [9.17, 15) is 23.2 Å². The Hall–Kier alpha value is -4.08. The quantitative estimate of drug-likeness (QED) is 0.534. The fourth-order valence-electron chi connectivity index (χ4n) is 3.88. The van der Waals surface area contributed by atoms with Crippen LogP contribution in [0, 0.1) is 11.6 Å². The largest absolute Gasteiger partial charge is 0.486 e. The predicted octanol–water partition coefficient (Wildman–Crippen LogP) is 2.59. The van der Waals surface area contributed by atoms with E-state index in [2.05, 4.69) is 4.98 Å². The molecule has 10 heteroatoms. The number of halogens is 2. The van der Waals surface area contributed by atoms with Crippen molar-refractivity contribution in [3.8, 4) is 5.75 Å². The number of methoxy groups -OCH3 is 1. The summed E-state index contributed by atoms with van der Waals surface area (Å²) in [4.78, 5) is 43.8. The summed E-state index contributed by atoms with van der Waals surface area (Å²) in [7, 11) is 1.21. The van der Waals surface area contributed by atoms with Crippen LogP contribution in [0.25, 0.3) is 0 Å². The first-order valence-corrected chi connectivity index (χ1v) is 10.5. The average Bonchev–Trinajstić information content (AvgIpc) is 3.06. The van der Waals surface area contributed by atoms with Crippen molar-refractivity contribution < 1.29 is 27.8 Å². The number of carbonyl (C=O) groups is 2. The summed E-state index contributed by atoms with van der Waals surface area (Å²) in [5, 5.41) is 0. The van der Waals surface area contributed by atoms with E-state index in [4.69, 9.17) is 9.47 Å². The van der Waals surface area contributed by atoms with Gasteiger partial charge >= 0.3 is 5.97 Å². The summed E-state index contributed by atoms with van der Waals surface area (Å²) in [5.74, 6) is -3.44. The Morgan fingerprint density at radius 2 is 1.79 bits per heavy atom. The topological polar surface area (TPSA) is 90.7 Å². The van der Waals surface area contributed by atoms with E-state index < -0.39 is 34.6 Å². The van der Waals surface area contributed by atoms with Gasteiger partial charge in [0.15, 0.2) is 0 Å². The molecule has 4 rings (SSSR count). The minimum Gasteiger partial charge on any atom is -0.486 e. The lowest BCUT2D eigenvalue weighted by Gasteiger charge is -2.20. The van der Waals surface area contributed by atoms with Crippen LogP contribution in [0.15, 0.2) is 53.5 Å². The zero-order chi connectivity index (χ0) is 24.2. The molecule has 34 heavy (non-hydrogen) atoms. The fourth-order valence-corrected chi connectivity index (χ4v) is 3.88. The Kier molecular flexibility index (Phi) is 6.67. The molecular formula is C24H21F2N3O5. The predicted molar refractivity (Wildman–Crippen MR) is 117 cm³/mol. The molecule has 0 fully saturated rings. The number of hydrogen-bond donors (Lipinski definition) is 0. The molecule has 0 saturated heterocycles. The Balaban J connectivity index is 1.66. The van der Waals surface area contributed by atoms with Crippen LogP contribution in [0.4, 0.5) is 8.78 Å². The molecule has 0 atom stereocenters. The molecule has 0 aliphatic carbocycles. The molecule has 8 nitrogen and oxygen atoms in total. The van der Waals surface area contributed by atoms with Crippen molar-refractivity contribution in [1.82, 2.24) is 14.5 Å². The van der Waals surface area contributed by atoms with E-state index in [-0.39, 0.29) is 44.0 Å². The number of pyridine rings is 2. The number of amides is 1. The second-order valence-electron chi connectivity index (χ2n) is 7.56. The van der Waals surface area contributed by atoms with Crippen molar-refractivity contribution in [2.75, 3.05) is 20.2 Å². The van der Waals surface area contributed by atoms with Crippen LogP contribution in [-0.4, -0.2) is 46.5 Å².